The lowest BCUT2D eigenvalue weighted by molar-refractivity contribution is 0.521. The number of aryl methyl sites for hydroxylation is 1. The Morgan fingerprint density at radius 2 is 1.62 bits per heavy atom. The number of nitrogen functional groups attached to an aromatic ring is 1. The van der Waals surface area contributed by atoms with Crippen molar-refractivity contribution in [3.8, 4) is 0 Å². The molecule has 2 aromatic carbocycles. The lowest BCUT2D eigenvalue weighted by Gasteiger charge is -2.17. The van der Waals surface area contributed by atoms with Crippen LogP contribution in [0.2, 0.25) is 0 Å². The van der Waals surface area contributed by atoms with E-state index in [4.69, 9.17) is 5.73 Å². The van der Waals surface area contributed by atoms with Crippen molar-refractivity contribution in [2.75, 3.05) is 25.1 Å². The van der Waals surface area contributed by atoms with Gasteiger partial charge in [-0.15, -0.1) is 0 Å². The van der Waals surface area contributed by atoms with Gasteiger partial charge in [-0.1, -0.05) is 24.3 Å². The predicted molar refractivity (Wildman–Crippen MR) is 86.2 cm³/mol. The van der Waals surface area contributed by atoms with E-state index < -0.39 is 10.0 Å². The zero-order valence-corrected chi connectivity index (χ0v) is 13.1. The fraction of sp³-hybridized carbons (Fsp3) is 0.200. The summed E-state index contributed by atoms with van der Waals surface area (Å²) in [5.41, 5.74) is 8.78. The maximum absolute atomic E-state index is 12.2. The lowest BCUT2D eigenvalue weighted by Crippen LogP contribution is -2.23. The molecule has 0 radical (unpaired) electrons. The van der Waals surface area contributed by atoms with Crippen LogP contribution in [0.25, 0.3) is 0 Å². The molecule has 0 amide bonds. The van der Waals surface area contributed by atoms with Gasteiger partial charge in [0.1, 0.15) is 4.90 Å². The minimum Gasteiger partial charge on any atom is -0.396 e. The normalized spacial score (nSPS) is 11.6. The fourth-order valence-electron chi connectivity index (χ4n) is 1.93. The molecule has 0 aliphatic heterocycles. The summed E-state index contributed by atoms with van der Waals surface area (Å²) in [6, 6.07) is 12.7. The SMILES string of the molecule is Cc1ccccc1Nc1cccc(S(=O)(=O)N(C)C)c1N. The number of benzene rings is 2. The van der Waals surface area contributed by atoms with Gasteiger partial charge in [-0.3, -0.25) is 0 Å². The van der Waals surface area contributed by atoms with E-state index in [0.29, 0.717) is 5.69 Å². The van der Waals surface area contributed by atoms with Crippen molar-refractivity contribution in [2.45, 2.75) is 11.8 Å². The Morgan fingerprint density at radius 1 is 1.00 bits per heavy atom. The Balaban J connectivity index is 2.47. The second-order valence-corrected chi connectivity index (χ2v) is 7.06. The maximum atomic E-state index is 12.2. The van der Waals surface area contributed by atoms with Gasteiger partial charge in [-0.2, -0.15) is 0 Å². The molecule has 2 aromatic rings. The third kappa shape index (κ3) is 3.01. The summed E-state index contributed by atoms with van der Waals surface area (Å²) >= 11 is 0. The highest BCUT2D eigenvalue weighted by atomic mass is 32.2. The first-order chi connectivity index (χ1) is 9.84. The van der Waals surface area contributed by atoms with Gasteiger partial charge in [0.2, 0.25) is 10.0 Å². The van der Waals surface area contributed by atoms with Crippen LogP contribution in [0.15, 0.2) is 47.4 Å². The summed E-state index contributed by atoms with van der Waals surface area (Å²) in [5.74, 6) is 0. The molecular formula is C15H19N3O2S. The number of nitrogens with one attached hydrogen (secondary N) is 1. The monoisotopic (exact) mass is 305 g/mol. The molecule has 0 fully saturated rings. The molecule has 0 saturated carbocycles. The quantitative estimate of drug-likeness (QED) is 0.851. The van der Waals surface area contributed by atoms with Gasteiger partial charge in [0.25, 0.3) is 0 Å². The van der Waals surface area contributed by atoms with E-state index in [1.165, 1.54) is 20.2 Å². The van der Waals surface area contributed by atoms with E-state index in [9.17, 15) is 8.42 Å². The molecule has 0 saturated heterocycles. The van der Waals surface area contributed by atoms with Gasteiger partial charge < -0.3 is 11.1 Å². The molecule has 2 rings (SSSR count). The maximum Gasteiger partial charge on any atom is 0.244 e. The van der Waals surface area contributed by atoms with Crippen molar-refractivity contribution < 1.29 is 8.42 Å². The number of hydrogen-bond donors (Lipinski definition) is 2. The Hall–Kier alpha value is -2.05. The van der Waals surface area contributed by atoms with Crippen LogP contribution in [0.1, 0.15) is 5.56 Å². The summed E-state index contributed by atoms with van der Waals surface area (Å²) in [6.07, 6.45) is 0. The summed E-state index contributed by atoms with van der Waals surface area (Å²) in [7, 11) is -0.599. The molecule has 0 heterocycles. The van der Waals surface area contributed by atoms with Gasteiger partial charge in [-0.05, 0) is 30.7 Å². The van der Waals surface area contributed by atoms with E-state index in [-0.39, 0.29) is 10.6 Å². The summed E-state index contributed by atoms with van der Waals surface area (Å²) in [4.78, 5) is 0.103. The number of anilines is 3. The summed E-state index contributed by atoms with van der Waals surface area (Å²) in [5, 5.41) is 3.18. The molecule has 0 aliphatic carbocycles. The molecule has 6 heteroatoms. The van der Waals surface area contributed by atoms with Crippen LogP contribution in [0.3, 0.4) is 0 Å². The molecule has 3 N–H and O–H groups in total. The highest BCUT2D eigenvalue weighted by Gasteiger charge is 2.21. The van der Waals surface area contributed by atoms with Crippen LogP contribution in [0.4, 0.5) is 17.1 Å². The fourth-order valence-corrected chi connectivity index (χ4v) is 2.96. The Kier molecular flexibility index (Phi) is 4.20. The molecule has 0 aromatic heterocycles. The predicted octanol–water partition coefficient (Wildman–Crippen LogP) is 2.57. The zero-order chi connectivity index (χ0) is 15.6. The van der Waals surface area contributed by atoms with Gasteiger partial charge >= 0.3 is 0 Å². The van der Waals surface area contributed by atoms with E-state index in [0.717, 1.165) is 15.6 Å². The van der Waals surface area contributed by atoms with Crippen LogP contribution in [0, 0.1) is 6.92 Å². The summed E-state index contributed by atoms with van der Waals surface area (Å²) < 4.78 is 25.6. The third-order valence-electron chi connectivity index (χ3n) is 3.24. The van der Waals surface area contributed by atoms with E-state index >= 15 is 0 Å². The molecule has 21 heavy (non-hydrogen) atoms. The van der Waals surface area contributed by atoms with Crippen LogP contribution in [0.5, 0.6) is 0 Å². The van der Waals surface area contributed by atoms with Crippen molar-refractivity contribution in [1.29, 1.82) is 0 Å². The average molecular weight is 305 g/mol. The van der Waals surface area contributed by atoms with Crippen LogP contribution in [-0.2, 0) is 10.0 Å². The zero-order valence-electron chi connectivity index (χ0n) is 12.3. The molecule has 0 atom stereocenters. The highest BCUT2D eigenvalue weighted by molar-refractivity contribution is 7.89. The first-order valence-electron chi connectivity index (χ1n) is 6.47. The molecule has 112 valence electrons. The number of para-hydroxylation sites is 2. The Morgan fingerprint density at radius 3 is 2.24 bits per heavy atom. The van der Waals surface area contributed by atoms with E-state index in [1.807, 2.05) is 31.2 Å². The number of sulfonamides is 1. The topological polar surface area (TPSA) is 75.4 Å². The third-order valence-corrected chi connectivity index (χ3v) is 5.11. The van der Waals surface area contributed by atoms with Gasteiger partial charge in [-0.25, -0.2) is 12.7 Å². The minimum atomic E-state index is -3.56. The van der Waals surface area contributed by atoms with Gasteiger partial charge in [0.05, 0.1) is 11.4 Å². The molecular weight excluding hydrogens is 286 g/mol. The number of nitrogens with zero attached hydrogens (tertiary/aromatic N) is 1. The minimum absolute atomic E-state index is 0.103. The van der Waals surface area contributed by atoms with Crippen molar-refractivity contribution >= 4 is 27.1 Å². The molecule has 5 nitrogen and oxygen atoms in total. The van der Waals surface area contributed by atoms with Crippen LogP contribution >= 0.6 is 0 Å². The molecule has 0 unspecified atom stereocenters. The molecule has 0 aliphatic rings. The van der Waals surface area contributed by atoms with Crippen molar-refractivity contribution in [1.82, 2.24) is 4.31 Å². The standard InChI is InChI=1S/C15H19N3O2S/c1-11-7-4-5-8-12(11)17-13-9-6-10-14(15(13)16)21(19,20)18(2)3/h4-10,17H,16H2,1-3H3. The van der Waals surface area contributed by atoms with Crippen molar-refractivity contribution in [3.63, 3.8) is 0 Å². The average Bonchev–Trinajstić information content (AvgIpc) is 2.43. The van der Waals surface area contributed by atoms with E-state index in [1.54, 1.807) is 12.1 Å². The highest BCUT2D eigenvalue weighted by Crippen LogP contribution is 2.31. The number of hydrogen-bond acceptors (Lipinski definition) is 4. The Labute approximate surface area is 125 Å². The van der Waals surface area contributed by atoms with E-state index in [2.05, 4.69) is 5.32 Å². The molecule has 0 spiro atoms. The van der Waals surface area contributed by atoms with Crippen molar-refractivity contribution in [3.05, 3.63) is 48.0 Å². The van der Waals surface area contributed by atoms with Crippen LogP contribution in [-0.4, -0.2) is 26.8 Å². The summed E-state index contributed by atoms with van der Waals surface area (Å²) in [6.45, 7) is 1.97. The number of nitrogens with two attached hydrogens (primary N) is 1. The van der Waals surface area contributed by atoms with Gasteiger partial charge in [0, 0.05) is 19.8 Å². The smallest absolute Gasteiger partial charge is 0.244 e. The second-order valence-electron chi connectivity index (χ2n) is 4.94. The van der Waals surface area contributed by atoms with Gasteiger partial charge in [0.15, 0.2) is 0 Å². The van der Waals surface area contributed by atoms with Crippen molar-refractivity contribution in [2.24, 2.45) is 0 Å². The number of rotatable bonds is 4. The lowest BCUT2D eigenvalue weighted by atomic mass is 10.2. The largest absolute Gasteiger partial charge is 0.396 e. The first kappa shape index (κ1) is 15.3. The second kappa shape index (κ2) is 5.75. The molecule has 0 bridgehead atoms. The van der Waals surface area contributed by atoms with Crippen LogP contribution < -0.4 is 11.1 Å². The first-order valence-corrected chi connectivity index (χ1v) is 7.91. The Bertz CT molecular complexity index is 755.